The molecule has 0 unspecified atom stereocenters. The van der Waals surface area contributed by atoms with Gasteiger partial charge in [-0.3, -0.25) is 14.3 Å². The summed E-state index contributed by atoms with van der Waals surface area (Å²) in [7, 11) is -2.31. The molecule has 0 heterocycles. The number of nitrogens with one attached hydrogen (secondary N) is 1. The van der Waals surface area contributed by atoms with Gasteiger partial charge in [0.15, 0.2) is 6.29 Å². The number of benzene rings is 1. The lowest BCUT2D eigenvalue weighted by Crippen LogP contribution is -2.27. The molecule has 0 fully saturated rings. The maximum absolute atomic E-state index is 12.8. The van der Waals surface area contributed by atoms with Crippen molar-refractivity contribution in [3.63, 3.8) is 0 Å². The van der Waals surface area contributed by atoms with Gasteiger partial charge < -0.3 is 4.90 Å². The monoisotopic (exact) mass is 408 g/mol. The SMILES string of the molecule is CCN(C)C(=O)c1cc(NS(=O)(=O)C2=CCC=CC(Cl)=C2C)ccc1C=O. The van der Waals surface area contributed by atoms with E-state index in [2.05, 4.69) is 4.72 Å². The highest BCUT2D eigenvalue weighted by molar-refractivity contribution is 7.96. The van der Waals surface area contributed by atoms with Crippen LogP contribution >= 0.6 is 11.6 Å². The number of allylic oxidation sites excluding steroid dienone is 5. The largest absolute Gasteiger partial charge is 0.342 e. The Kier molecular flexibility index (Phi) is 6.62. The third-order valence-electron chi connectivity index (χ3n) is 4.20. The Labute approximate surface area is 164 Å². The Morgan fingerprint density at radius 3 is 2.70 bits per heavy atom. The predicted octanol–water partition coefficient (Wildman–Crippen LogP) is 3.69. The van der Waals surface area contributed by atoms with E-state index < -0.39 is 10.0 Å². The average Bonchev–Trinajstić information content (AvgIpc) is 2.81. The second kappa shape index (κ2) is 8.54. The number of hydrogen-bond donors (Lipinski definition) is 1. The van der Waals surface area contributed by atoms with Gasteiger partial charge >= 0.3 is 0 Å². The van der Waals surface area contributed by atoms with Crippen LogP contribution < -0.4 is 4.72 Å². The Morgan fingerprint density at radius 2 is 2.07 bits per heavy atom. The van der Waals surface area contributed by atoms with Crippen LogP contribution in [0.4, 0.5) is 5.69 Å². The van der Waals surface area contributed by atoms with Crippen LogP contribution in [0.2, 0.25) is 0 Å². The third-order valence-corrected chi connectivity index (χ3v) is 6.17. The predicted molar refractivity (Wildman–Crippen MR) is 107 cm³/mol. The molecule has 1 aromatic carbocycles. The molecule has 0 radical (unpaired) electrons. The first-order chi connectivity index (χ1) is 12.7. The van der Waals surface area contributed by atoms with Gasteiger partial charge in [0.1, 0.15) is 0 Å². The highest BCUT2D eigenvalue weighted by atomic mass is 35.5. The van der Waals surface area contributed by atoms with Gasteiger partial charge in [-0.2, -0.15) is 0 Å². The molecule has 2 rings (SSSR count). The van der Waals surface area contributed by atoms with Crippen molar-refractivity contribution in [1.29, 1.82) is 0 Å². The van der Waals surface area contributed by atoms with Crippen LogP contribution in [0.5, 0.6) is 0 Å². The first-order valence-electron chi connectivity index (χ1n) is 8.32. The molecule has 0 saturated heterocycles. The molecule has 1 amide bonds. The fraction of sp³-hybridized carbons (Fsp3) is 0.263. The molecule has 0 spiro atoms. The van der Waals surface area contributed by atoms with E-state index in [4.69, 9.17) is 11.6 Å². The van der Waals surface area contributed by atoms with E-state index in [0.29, 0.717) is 29.9 Å². The summed E-state index contributed by atoms with van der Waals surface area (Å²) < 4.78 is 28.1. The van der Waals surface area contributed by atoms with Gasteiger partial charge in [-0.15, -0.1) is 0 Å². The number of carbonyl (C=O) groups is 2. The van der Waals surface area contributed by atoms with Crippen molar-refractivity contribution in [2.75, 3.05) is 18.3 Å². The van der Waals surface area contributed by atoms with E-state index in [9.17, 15) is 18.0 Å². The number of amides is 1. The number of nitrogens with zero attached hydrogens (tertiary/aromatic N) is 1. The average molecular weight is 409 g/mol. The Hall–Kier alpha value is -2.38. The molecule has 0 aliphatic heterocycles. The molecule has 27 heavy (non-hydrogen) atoms. The smallest absolute Gasteiger partial charge is 0.261 e. The van der Waals surface area contributed by atoms with Crippen molar-refractivity contribution in [3.8, 4) is 0 Å². The number of hydrogen-bond acceptors (Lipinski definition) is 4. The second-order valence-electron chi connectivity index (χ2n) is 6.02. The van der Waals surface area contributed by atoms with Crippen molar-refractivity contribution in [3.05, 3.63) is 63.1 Å². The minimum Gasteiger partial charge on any atom is -0.342 e. The lowest BCUT2D eigenvalue weighted by molar-refractivity contribution is 0.0799. The van der Waals surface area contributed by atoms with E-state index in [1.54, 1.807) is 39.1 Å². The van der Waals surface area contributed by atoms with E-state index >= 15 is 0 Å². The Bertz CT molecular complexity index is 962. The van der Waals surface area contributed by atoms with Crippen molar-refractivity contribution in [1.82, 2.24) is 4.90 Å². The quantitative estimate of drug-likeness (QED) is 0.727. The minimum absolute atomic E-state index is 0.0792. The number of halogens is 1. The van der Waals surface area contributed by atoms with Gasteiger partial charge in [0.2, 0.25) is 0 Å². The number of anilines is 1. The zero-order valence-corrected chi connectivity index (χ0v) is 16.9. The van der Waals surface area contributed by atoms with Crippen LogP contribution in [0.15, 0.2) is 51.9 Å². The molecule has 144 valence electrons. The maximum Gasteiger partial charge on any atom is 0.261 e. The van der Waals surface area contributed by atoms with Gasteiger partial charge in [-0.05, 0) is 50.1 Å². The summed E-state index contributed by atoms with van der Waals surface area (Å²) in [6.07, 6.45) is 6.00. The van der Waals surface area contributed by atoms with Crippen LogP contribution in [0, 0.1) is 0 Å². The number of sulfonamides is 1. The van der Waals surface area contributed by atoms with Crippen LogP contribution in [0.1, 0.15) is 41.0 Å². The standard InChI is InChI=1S/C19H21ClN2O4S/c1-4-22(3)19(24)16-11-15(10-9-14(16)12-23)21-27(25,26)18-8-6-5-7-17(20)13(18)2/h5,7-12,21H,4,6H2,1-3H3. The molecule has 0 aromatic heterocycles. The zero-order chi connectivity index (χ0) is 20.2. The van der Waals surface area contributed by atoms with Gasteiger partial charge in [0.25, 0.3) is 15.9 Å². The minimum atomic E-state index is -3.91. The molecule has 0 atom stereocenters. The highest BCUT2D eigenvalue weighted by Gasteiger charge is 2.23. The summed E-state index contributed by atoms with van der Waals surface area (Å²) in [5, 5.41) is 0.348. The molecular weight excluding hydrogens is 388 g/mol. The van der Waals surface area contributed by atoms with E-state index in [0.717, 1.165) is 0 Å². The summed E-state index contributed by atoms with van der Waals surface area (Å²) in [6.45, 7) is 3.88. The van der Waals surface area contributed by atoms with Crippen molar-refractivity contribution in [2.45, 2.75) is 20.3 Å². The summed E-state index contributed by atoms with van der Waals surface area (Å²) in [5.74, 6) is -0.363. The molecule has 0 bridgehead atoms. The molecule has 0 saturated carbocycles. The van der Waals surface area contributed by atoms with Crippen LogP contribution in [-0.2, 0) is 10.0 Å². The summed E-state index contributed by atoms with van der Waals surface area (Å²) in [4.78, 5) is 25.2. The van der Waals surface area contributed by atoms with Gasteiger partial charge in [0.05, 0.1) is 10.5 Å². The van der Waals surface area contributed by atoms with E-state index in [1.807, 2.05) is 0 Å². The lowest BCUT2D eigenvalue weighted by atomic mass is 10.1. The third kappa shape index (κ3) is 4.67. The normalized spacial score (nSPS) is 14.4. The van der Waals surface area contributed by atoms with Gasteiger partial charge in [0, 0.05) is 29.9 Å². The molecule has 8 heteroatoms. The highest BCUT2D eigenvalue weighted by Crippen LogP contribution is 2.28. The maximum atomic E-state index is 12.8. The number of rotatable bonds is 6. The Morgan fingerprint density at radius 1 is 1.37 bits per heavy atom. The van der Waals surface area contributed by atoms with E-state index in [1.165, 1.54) is 23.1 Å². The van der Waals surface area contributed by atoms with Crippen LogP contribution in [0.25, 0.3) is 0 Å². The fourth-order valence-electron chi connectivity index (χ4n) is 2.52. The van der Waals surface area contributed by atoms with Crippen molar-refractivity contribution >= 4 is 39.5 Å². The van der Waals surface area contributed by atoms with Crippen LogP contribution in [0.3, 0.4) is 0 Å². The fourth-order valence-corrected chi connectivity index (χ4v) is 4.14. The first-order valence-corrected chi connectivity index (χ1v) is 10.2. The second-order valence-corrected chi connectivity index (χ2v) is 8.08. The summed E-state index contributed by atoms with van der Waals surface area (Å²) >= 11 is 6.10. The first kappa shape index (κ1) is 20.9. The van der Waals surface area contributed by atoms with Crippen molar-refractivity contribution < 1.29 is 18.0 Å². The van der Waals surface area contributed by atoms with Crippen molar-refractivity contribution in [2.24, 2.45) is 0 Å². The molecule has 6 nitrogen and oxygen atoms in total. The zero-order valence-electron chi connectivity index (χ0n) is 15.3. The van der Waals surface area contributed by atoms with Gasteiger partial charge in [-0.1, -0.05) is 23.8 Å². The lowest BCUT2D eigenvalue weighted by Gasteiger charge is -2.17. The van der Waals surface area contributed by atoms with Gasteiger partial charge in [-0.25, -0.2) is 8.42 Å². The topological polar surface area (TPSA) is 83.6 Å². The molecule has 1 aromatic rings. The summed E-state index contributed by atoms with van der Waals surface area (Å²) in [6, 6.07) is 4.23. The number of aldehydes is 1. The summed E-state index contributed by atoms with van der Waals surface area (Å²) in [5.41, 5.74) is 0.955. The molecule has 1 N–H and O–H groups in total. The molecule has 1 aliphatic rings. The van der Waals surface area contributed by atoms with E-state index in [-0.39, 0.29) is 27.6 Å². The number of carbonyl (C=O) groups excluding carboxylic acids is 2. The Balaban J connectivity index is 2.42. The molecule has 1 aliphatic carbocycles. The van der Waals surface area contributed by atoms with Crippen LogP contribution in [-0.4, -0.2) is 39.1 Å². The molecular formula is C19H21ClN2O4S.